The maximum atomic E-state index is 12.0. The van der Waals surface area contributed by atoms with Crippen LogP contribution in [0.4, 0.5) is 0 Å². The number of nitrogens with one attached hydrogen (secondary N) is 2. The van der Waals surface area contributed by atoms with Crippen molar-refractivity contribution in [3.63, 3.8) is 0 Å². The van der Waals surface area contributed by atoms with Gasteiger partial charge in [-0.25, -0.2) is 0 Å². The van der Waals surface area contributed by atoms with E-state index < -0.39 is 0 Å². The minimum absolute atomic E-state index is 0.00183. The van der Waals surface area contributed by atoms with Crippen LogP contribution < -0.4 is 5.32 Å². The lowest BCUT2D eigenvalue weighted by Crippen LogP contribution is -2.41. The zero-order valence-electron chi connectivity index (χ0n) is 11.9. The number of nitrogens with zero attached hydrogens (tertiary/aromatic N) is 1. The number of carbonyl (C=O) groups is 1. The smallest absolute Gasteiger partial charge is 0.272 e. The average Bonchev–Trinajstić information content (AvgIpc) is 2.78. The number of carbonyl (C=O) groups excluding carboxylic acids is 1. The van der Waals surface area contributed by atoms with E-state index in [1.165, 1.54) is 11.8 Å². The Kier molecular flexibility index (Phi) is 6.37. The molecule has 1 aromatic heterocycles. The molecule has 6 heteroatoms. The Balaban J connectivity index is 2.60. The first-order chi connectivity index (χ1) is 8.97. The summed E-state index contributed by atoms with van der Waals surface area (Å²) >= 11 is 1.54. The highest BCUT2D eigenvalue weighted by atomic mass is 32.2. The Morgan fingerprint density at radius 2 is 2.21 bits per heavy atom. The van der Waals surface area contributed by atoms with Crippen molar-refractivity contribution in [1.82, 2.24) is 15.5 Å². The topological polar surface area (TPSA) is 78.0 Å². The fourth-order valence-corrected chi connectivity index (χ4v) is 2.46. The molecule has 1 heterocycles. The number of aliphatic hydroxyl groups excluding tert-OH is 1. The highest BCUT2D eigenvalue weighted by Gasteiger charge is 2.19. The van der Waals surface area contributed by atoms with E-state index in [1.807, 2.05) is 13.2 Å². The lowest BCUT2D eigenvalue weighted by atomic mass is 10.1. The Hall–Kier alpha value is -1.01. The van der Waals surface area contributed by atoms with Gasteiger partial charge in [0.1, 0.15) is 5.69 Å². The molecule has 0 aliphatic rings. The number of rotatable bonds is 7. The third-order valence-corrected chi connectivity index (χ3v) is 4.05. The SMILES string of the molecule is CSC(CO)C(C)NC(=O)c1cc(CC(C)C)[nH]n1. The summed E-state index contributed by atoms with van der Waals surface area (Å²) in [5.74, 6) is 0.316. The monoisotopic (exact) mass is 285 g/mol. The van der Waals surface area contributed by atoms with Gasteiger partial charge in [0.15, 0.2) is 0 Å². The first-order valence-electron chi connectivity index (χ1n) is 6.46. The average molecular weight is 285 g/mol. The van der Waals surface area contributed by atoms with Crippen LogP contribution in [0.25, 0.3) is 0 Å². The van der Waals surface area contributed by atoms with Crippen molar-refractivity contribution in [1.29, 1.82) is 0 Å². The summed E-state index contributed by atoms with van der Waals surface area (Å²) in [7, 11) is 0. The summed E-state index contributed by atoms with van der Waals surface area (Å²) in [6, 6.07) is 1.69. The summed E-state index contributed by atoms with van der Waals surface area (Å²) in [6.45, 7) is 6.17. The molecule has 5 nitrogen and oxygen atoms in total. The van der Waals surface area contributed by atoms with E-state index in [-0.39, 0.29) is 23.8 Å². The van der Waals surface area contributed by atoms with Gasteiger partial charge in [-0.1, -0.05) is 13.8 Å². The van der Waals surface area contributed by atoms with Crippen molar-refractivity contribution >= 4 is 17.7 Å². The van der Waals surface area contributed by atoms with E-state index in [4.69, 9.17) is 0 Å². The molecule has 1 aromatic rings. The van der Waals surface area contributed by atoms with Crippen LogP contribution in [0.15, 0.2) is 6.07 Å². The van der Waals surface area contributed by atoms with Gasteiger partial charge in [0.05, 0.1) is 6.61 Å². The quantitative estimate of drug-likeness (QED) is 0.708. The number of H-pyrrole nitrogens is 1. The normalized spacial score (nSPS) is 14.4. The maximum Gasteiger partial charge on any atom is 0.272 e. The molecule has 0 radical (unpaired) electrons. The number of aliphatic hydroxyl groups is 1. The van der Waals surface area contributed by atoms with Crippen LogP contribution in [0.2, 0.25) is 0 Å². The molecule has 3 N–H and O–H groups in total. The molecule has 108 valence electrons. The molecule has 1 amide bonds. The van der Waals surface area contributed by atoms with Crippen molar-refractivity contribution in [2.45, 2.75) is 38.5 Å². The molecule has 0 aliphatic heterocycles. The molecule has 0 saturated heterocycles. The summed E-state index contributed by atoms with van der Waals surface area (Å²) in [5, 5.41) is 19.0. The molecule has 2 unspecified atom stereocenters. The van der Waals surface area contributed by atoms with Crippen LogP contribution in [0, 0.1) is 5.92 Å². The summed E-state index contributed by atoms with van der Waals surface area (Å²) in [5.41, 5.74) is 1.37. The zero-order valence-corrected chi connectivity index (χ0v) is 12.8. The largest absolute Gasteiger partial charge is 0.395 e. The Labute approximate surface area is 118 Å². The van der Waals surface area contributed by atoms with Crippen molar-refractivity contribution < 1.29 is 9.90 Å². The molecule has 1 rings (SSSR count). The third-order valence-electron chi connectivity index (χ3n) is 2.89. The maximum absolute atomic E-state index is 12.0. The van der Waals surface area contributed by atoms with Gasteiger partial charge >= 0.3 is 0 Å². The van der Waals surface area contributed by atoms with E-state index in [2.05, 4.69) is 29.4 Å². The Morgan fingerprint density at radius 3 is 2.74 bits per heavy atom. The first kappa shape index (κ1) is 16.0. The number of aromatic amines is 1. The van der Waals surface area contributed by atoms with Crippen LogP contribution in [0.1, 0.15) is 37.0 Å². The summed E-state index contributed by atoms with van der Waals surface area (Å²) < 4.78 is 0. The Bertz CT molecular complexity index is 402. The minimum atomic E-state index is -0.203. The molecular formula is C13H23N3O2S. The molecule has 0 aliphatic carbocycles. The predicted octanol–water partition coefficient (Wildman–Crippen LogP) is 1.45. The van der Waals surface area contributed by atoms with Crippen molar-refractivity contribution in [2.24, 2.45) is 5.92 Å². The number of hydrogen-bond donors (Lipinski definition) is 3. The molecule has 19 heavy (non-hydrogen) atoms. The van der Waals surface area contributed by atoms with Gasteiger partial charge in [-0.05, 0) is 31.6 Å². The van der Waals surface area contributed by atoms with Gasteiger partial charge in [0.25, 0.3) is 5.91 Å². The van der Waals surface area contributed by atoms with Gasteiger partial charge < -0.3 is 10.4 Å². The number of aromatic nitrogens is 2. The second kappa shape index (κ2) is 7.55. The summed E-state index contributed by atoms with van der Waals surface area (Å²) in [6.07, 6.45) is 2.79. The number of hydrogen-bond acceptors (Lipinski definition) is 4. The van der Waals surface area contributed by atoms with Crippen LogP contribution in [0.3, 0.4) is 0 Å². The number of thioether (sulfide) groups is 1. The first-order valence-corrected chi connectivity index (χ1v) is 7.75. The molecule has 0 fully saturated rings. The van der Waals surface area contributed by atoms with Crippen molar-refractivity contribution in [2.75, 3.05) is 12.9 Å². The predicted molar refractivity (Wildman–Crippen MR) is 78.4 cm³/mol. The highest BCUT2D eigenvalue weighted by Crippen LogP contribution is 2.11. The molecule has 0 aromatic carbocycles. The van der Waals surface area contributed by atoms with Gasteiger partial charge in [-0.2, -0.15) is 16.9 Å². The highest BCUT2D eigenvalue weighted by molar-refractivity contribution is 7.99. The van der Waals surface area contributed by atoms with E-state index in [1.54, 1.807) is 6.07 Å². The molecular weight excluding hydrogens is 262 g/mol. The van der Waals surface area contributed by atoms with Crippen LogP contribution >= 0.6 is 11.8 Å². The number of amides is 1. The third kappa shape index (κ3) is 4.87. The van der Waals surface area contributed by atoms with Gasteiger partial charge in [-0.15, -0.1) is 0 Å². The van der Waals surface area contributed by atoms with E-state index in [9.17, 15) is 9.90 Å². The minimum Gasteiger partial charge on any atom is -0.395 e. The van der Waals surface area contributed by atoms with E-state index in [0.717, 1.165) is 12.1 Å². The van der Waals surface area contributed by atoms with E-state index >= 15 is 0 Å². The standard InChI is InChI=1S/C13H23N3O2S/c1-8(2)5-10-6-11(16-15-10)13(18)14-9(3)12(7-17)19-4/h6,8-9,12,17H,5,7H2,1-4H3,(H,14,18)(H,15,16). The molecule has 0 spiro atoms. The lowest BCUT2D eigenvalue weighted by Gasteiger charge is -2.20. The Morgan fingerprint density at radius 1 is 1.53 bits per heavy atom. The lowest BCUT2D eigenvalue weighted by molar-refractivity contribution is 0.0931. The van der Waals surface area contributed by atoms with E-state index in [0.29, 0.717) is 11.6 Å². The molecule has 0 saturated carbocycles. The molecule has 2 atom stereocenters. The molecule has 0 bridgehead atoms. The van der Waals surface area contributed by atoms with Crippen LogP contribution in [-0.4, -0.2) is 45.4 Å². The second-order valence-electron chi connectivity index (χ2n) is 5.10. The van der Waals surface area contributed by atoms with Crippen molar-refractivity contribution in [3.05, 3.63) is 17.5 Å². The van der Waals surface area contributed by atoms with Gasteiger partial charge in [-0.3, -0.25) is 9.89 Å². The second-order valence-corrected chi connectivity index (χ2v) is 6.17. The van der Waals surface area contributed by atoms with Crippen molar-refractivity contribution in [3.8, 4) is 0 Å². The van der Waals surface area contributed by atoms with Crippen LogP contribution in [0.5, 0.6) is 0 Å². The summed E-state index contributed by atoms with van der Waals surface area (Å²) in [4.78, 5) is 12.0. The zero-order chi connectivity index (χ0) is 14.4. The van der Waals surface area contributed by atoms with Gasteiger partial charge in [0.2, 0.25) is 0 Å². The fraction of sp³-hybridized carbons (Fsp3) is 0.692. The fourth-order valence-electron chi connectivity index (χ4n) is 1.83. The van der Waals surface area contributed by atoms with Crippen LogP contribution in [-0.2, 0) is 6.42 Å². The van der Waals surface area contributed by atoms with Gasteiger partial charge in [0, 0.05) is 17.0 Å².